The van der Waals surface area contributed by atoms with Crippen molar-refractivity contribution < 1.29 is 23.1 Å². The average molecular weight is 500 g/mol. The van der Waals surface area contributed by atoms with Gasteiger partial charge in [-0.2, -0.15) is 0 Å². The zero-order chi connectivity index (χ0) is 24.9. The number of pyridine rings is 1. The summed E-state index contributed by atoms with van der Waals surface area (Å²) >= 11 is 6.36. The Morgan fingerprint density at radius 2 is 1.74 bits per heavy atom. The lowest BCUT2D eigenvalue weighted by Crippen LogP contribution is -2.21. The van der Waals surface area contributed by atoms with Crippen LogP contribution in [0.5, 0.6) is 0 Å². The predicted octanol–water partition coefficient (Wildman–Crippen LogP) is 6.29. The standard InChI is InChI=1S/C26H21ClF3N3O2/c27-20-13-32-22-10-9-17(16-7-5-15(6-8-16)12-31-14-23(34)35)11-19(22)24(20)33-25(26(29)30)18-3-1-2-4-21(18)28/h1-11,13,25-26,31H,12,14H2,(H,32,33)(H,34,35). The number of hydrogen-bond donors (Lipinski definition) is 3. The molecule has 0 spiro atoms. The number of alkyl halides is 2. The fourth-order valence-electron chi connectivity index (χ4n) is 3.78. The molecule has 0 aliphatic heterocycles. The molecule has 0 bridgehead atoms. The number of benzene rings is 3. The molecule has 0 radical (unpaired) electrons. The third-order valence-corrected chi connectivity index (χ3v) is 5.79. The van der Waals surface area contributed by atoms with Crippen LogP contribution in [0, 0.1) is 5.82 Å². The van der Waals surface area contributed by atoms with E-state index < -0.39 is 24.3 Å². The summed E-state index contributed by atoms with van der Waals surface area (Å²) in [6, 6.07) is 16.7. The molecular weight excluding hydrogens is 479 g/mol. The van der Waals surface area contributed by atoms with Crippen molar-refractivity contribution in [2.45, 2.75) is 19.0 Å². The Bertz CT molecular complexity index is 1350. The molecule has 1 aromatic heterocycles. The Hall–Kier alpha value is -3.62. The minimum Gasteiger partial charge on any atom is -0.480 e. The van der Waals surface area contributed by atoms with Gasteiger partial charge in [-0.15, -0.1) is 0 Å². The zero-order valence-electron chi connectivity index (χ0n) is 18.3. The second kappa shape index (κ2) is 10.8. The minimum absolute atomic E-state index is 0.136. The fourth-order valence-corrected chi connectivity index (χ4v) is 3.99. The Morgan fingerprint density at radius 1 is 1.03 bits per heavy atom. The van der Waals surface area contributed by atoms with Crippen molar-refractivity contribution in [3.63, 3.8) is 0 Å². The molecule has 4 aromatic rings. The molecule has 0 amide bonds. The SMILES string of the molecule is O=C(O)CNCc1ccc(-c2ccc3ncc(Cl)c(NC(c4ccccc4F)C(F)F)c3c2)cc1. The Morgan fingerprint density at radius 3 is 2.43 bits per heavy atom. The first-order valence-electron chi connectivity index (χ1n) is 10.7. The van der Waals surface area contributed by atoms with Crippen molar-refractivity contribution in [2.75, 3.05) is 11.9 Å². The summed E-state index contributed by atoms with van der Waals surface area (Å²) in [4.78, 5) is 14.9. The number of carbonyl (C=O) groups is 1. The highest BCUT2D eigenvalue weighted by molar-refractivity contribution is 6.34. The van der Waals surface area contributed by atoms with E-state index in [1.54, 1.807) is 12.1 Å². The lowest BCUT2D eigenvalue weighted by molar-refractivity contribution is -0.136. The molecule has 0 saturated heterocycles. The van der Waals surface area contributed by atoms with Gasteiger partial charge in [-0.1, -0.05) is 60.1 Å². The third kappa shape index (κ3) is 5.72. The van der Waals surface area contributed by atoms with Crippen LogP contribution in [0.15, 0.2) is 72.9 Å². The van der Waals surface area contributed by atoms with Crippen LogP contribution in [0.1, 0.15) is 17.2 Å². The highest BCUT2D eigenvalue weighted by Gasteiger charge is 2.26. The van der Waals surface area contributed by atoms with Crippen LogP contribution < -0.4 is 10.6 Å². The molecule has 180 valence electrons. The summed E-state index contributed by atoms with van der Waals surface area (Å²) in [5, 5.41) is 15.0. The summed E-state index contributed by atoms with van der Waals surface area (Å²) in [6.07, 6.45) is -1.52. The van der Waals surface area contributed by atoms with Crippen molar-refractivity contribution in [1.82, 2.24) is 10.3 Å². The Labute approximate surface area is 204 Å². The van der Waals surface area contributed by atoms with Crippen LogP contribution in [-0.4, -0.2) is 29.0 Å². The van der Waals surface area contributed by atoms with E-state index in [1.807, 2.05) is 30.3 Å². The molecule has 4 rings (SSSR count). The van der Waals surface area contributed by atoms with Crippen molar-refractivity contribution >= 4 is 34.2 Å². The molecular formula is C26H21ClF3N3O2. The van der Waals surface area contributed by atoms with Gasteiger partial charge < -0.3 is 15.7 Å². The Balaban J connectivity index is 1.67. The normalized spacial score (nSPS) is 12.1. The fraction of sp³-hybridized carbons (Fsp3) is 0.154. The van der Waals surface area contributed by atoms with E-state index >= 15 is 0 Å². The average Bonchev–Trinajstić information content (AvgIpc) is 2.84. The van der Waals surface area contributed by atoms with Crippen molar-refractivity contribution in [3.05, 3.63) is 94.9 Å². The molecule has 1 unspecified atom stereocenters. The van der Waals surface area contributed by atoms with Crippen molar-refractivity contribution in [2.24, 2.45) is 0 Å². The van der Waals surface area contributed by atoms with Crippen LogP contribution in [0.3, 0.4) is 0 Å². The number of hydrogen-bond acceptors (Lipinski definition) is 4. The van der Waals surface area contributed by atoms with E-state index in [2.05, 4.69) is 15.6 Å². The number of nitrogens with one attached hydrogen (secondary N) is 2. The molecule has 5 nitrogen and oxygen atoms in total. The van der Waals surface area contributed by atoms with Crippen LogP contribution in [0.2, 0.25) is 5.02 Å². The van der Waals surface area contributed by atoms with Gasteiger partial charge in [-0.05, 0) is 34.9 Å². The molecule has 3 aromatic carbocycles. The predicted molar refractivity (Wildman–Crippen MR) is 130 cm³/mol. The van der Waals surface area contributed by atoms with E-state index in [9.17, 15) is 18.0 Å². The van der Waals surface area contributed by atoms with E-state index in [-0.39, 0.29) is 22.8 Å². The maximum Gasteiger partial charge on any atom is 0.317 e. The number of carboxylic acids is 1. The molecule has 1 atom stereocenters. The second-order valence-electron chi connectivity index (χ2n) is 7.89. The number of rotatable bonds is 9. The van der Waals surface area contributed by atoms with Gasteiger partial charge >= 0.3 is 5.97 Å². The first-order valence-corrected chi connectivity index (χ1v) is 11.1. The van der Waals surface area contributed by atoms with E-state index in [4.69, 9.17) is 16.7 Å². The summed E-state index contributed by atoms with van der Waals surface area (Å²) in [6.45, 7) is 0.269. The van der Waals surface area contributed by atoms with E-state index in [0.717, 1.165) is 22.8 Å². The molecule has 0 aliphatic carbocycles. The Kier molecular flexibility index (Phi) is 7.53. The lowest BCUT2D eigenvalue weighted by atomic mass is 10.0. The second-order valence-corrected chi connectivity index (χ2v) is 8.29. The van der Waals surface area contributed by atoms with Crippen LogP contribution in [-0.2, 0) is 11.3 Å². The summed E-state index contributed by atoms with van der Waals surface area (Å²) in [5.74, 6) is -1.67. The highest BCUT2D eigenvalue weighted by atomic mass is 35.5. The number of nitrogens with zero attached hydrogens (tertiary/aromatic N) is 1. The first kappa shape index (κ1) is 24.5. The van der Waals surface area contributed by atoms with Crippen LogP contribution in [0.4, 0.5) is 18.9 Å². The number of fused-ring (bicyclic) bond motifs is 1. The van der Waals surface area contributed by atoms with Gasteiger partial charge in [0.1, 0.15) is 11.9 Å². The first-order chi connectivity index (χ1) is 16.8. The largest absolute Gasteiger partial charge is 0.480 e. The molecule has 9 heteroatoms. The maximum absolute atomic E-state index is 14.3. The van der Waals surface area contributed by atoms with Crippen LogP contribution in [0.25, 0.3) is 22.0 Å². The minimum atomic E-state index is -2.89. The van der Waals surface area contributed by atoms with Gasteiger partial charge in [-0.25, -0.2) is 13.2 Å². The summed E-state index contributed by atoms with van der Waals surface area (Å²) in [5.41, 5.74) is 3.19. The molecule has 0 saturated carbocycles. The number of carboxylic acid groups (broad SMARTS) is 1. The smallest absolute Gasteiger partial charge is 0.317 e. The number of anilines is 1. The molecule has 0 aliphatic rings. The van der Waals surface area contributed by atoms with Crippen molar-refractivity contribution in [3.8, 4) is 11.1 Å². The number of halogens is 4. The van der Waals surface area contributed by atoms with Crippen molar-refractivity contribution in [1.29, 1.82) is 0 Å². The van der Waals surface area contributed by atoms with E-state index in [1.165, 1.54) is 24.4 Å². The van der Waals surface area contributed by atoms with Gasteiger partial charge in [0, 0.05) is 23.7 Å². The summed E-state index contributed by atoms with van der Waals surface area (Å²) in [7, 11) is 0. The molecule has 1 heterocycles. The van der Waals surface area contributed by atoms with Gasteiger partial charge in [0.05, 0.1) is 22.8 Å². The highest BCUT2D eigenvalue weighted by Crippen LogP contribution is 2.37. The molecule has 3 N–H and O–H groups in total. The lowest BCUT2D eigenvalue weighted by Gasteiger charge is -2.22. The van der Waals surface area contributed by atoms with Gasteiger partial charge in [0.15, 0.2) is 0 Å². The summed E-state index contributed by atoms with van der Waals surface area (Å²) < 4.78 is 42.2. The maximum atomic E-state index is 14.3. The van der Waals surface area contributed by atoms with E-state index in [0.29, 0.717) is 17.4 Å². The third-order valence-electron chi connectivity index (χ3n) is 5.51. The van der Waals surface area contributed by atoms with Gasteiger partial charge in [0.2, 0.25) is 0 Å². The topological polar surface area (TPSA) is 74.2 Å². The van der Waals surface area contributed by atoms with Gasteiger partial charge in [0.25, 0.3) is 6.43 Å². The monoisotopic (exact) mass is 499 g/mol. The van der Waals surface area contributed by atoms with Gasteiger partial charge in [-0.3, -0.25) is 9.78 Å². The number of aliphatic carboxylic acids is 1. The van der Waals surface area contributed by atoms with Crippen LogP contribution >= 0.6 is 11.6 Å². The molecule has 35 heavy (non-hydrogen) atoms. The quantitative estimate of drug-likeness (QED) is 0.252. The zero-order valence-corrected chi connectivity index (χ0v) is 19.1. The molecule has 0 fully saturated rings. The number of aromatic nitrogens is 1.